The van der Waals surface area contributed by atoms with E-state index in [0.717, 1.165) is 12.2 Å². The van der Waals surface area contributed by atoms with Gasteiger partial charge in [-0.05, 0) is 24.1 Å². The molecule has 0 saturated heterocycles. The molecule has 1 aromatic heterocycles. The van der Waals surface area contributed by atoms with E-state index in [0.29, 0.717) is 5.02 Å². The van der Waals surface area contributed by atoms with Gasteiger partial charge in [-0.25, -0.2) is 0 Å². The summed E-state index contributed by atoms with van der Waals surface area (Å²) in [4.78, 5) is 4.37. The minimum Gasteiger partial charge on any atom is -0.308 e. The van der Waals surface area contributed by atoms with Crippen LogP contribution in [-0.2, 0) is 0 Å². The van der Waals surface area contributed by atoms with Gasteiger partial charge in [-0.3, -0.25) is 4.98 Å². The topological polar surface area (TPSA) is 24.9 Å². The molecule has 3 heteroatoms. The lowest BCUT2D eigenvalue weighted by molar-refractivity contribution is 0.271. The number of nitrogens with zero attached hydrogens (tertiary/aromatic N) is 1. The maximum Gasteiger partial charge on any atom is 0.0589 e. The van der Waals surface area contributed by atoms with Gasteiger partial charge < -0.3 is 5.32 Å². The predicted molar refractivity (Wildman–Crippen MR) is 65.1 cm³/mol. The molecule has 1 heterocycles. The van der Waals surface area contributed by atoms with Crippen molar-refractivity contribution >= 4 is 11.6 Å². The lowest BCUT2D eigenvalue weighted by atomic mass is 9.84. The number of halogens is 1. The monoisotopic (exact) mass is 226 g/mol. The molecule has 0 aliphatic rings. The van der Waals surface area contributed by atoms with E-state index in [1.54, 1.807) is 6.20 Å². The number of rotatable bonds is 3. The van der Waals surface area contributed by atoms with Gasteiger partial charge in [0.2, 0.25) is 0 Å². The summed E-state index contributed by atoms with van der Waals surface area (Å²) in [7, 11) is 0. The van der Waals surface area contributed by atoms with Crippen LogP contribution in [0.15, 0.2) is 18.3 Å². The Kier molecular flexibility index (Phi) is 4.12. The molecule has 0 spiro atoms. The first-order chi connectivity index (χ1) is 6.95. The van der Waals surface area contributed by atoms with Crippen LogP contribution >= 0.6 is 11.6 Å². The fraction of sp³-hybridized carbons (Fsp3) is 0.583. The third-order valence-electron chi connectivity index (χ3n) is 2.32. The molecule has 0 aliphatic carbocycles. The second-order valence-electron chi connectivity index (χ2n) is 4.76. The number of pyridine rings is 1. The molecule has 0 aliphatic heterocycles. The lowest BCUT2D eigenvalue weighted by Gasteiger charge is -2.30. The normalized spacial score (nSPS) is 13.9. The van der Waals surface area contributed by atoms with E-state index in [9.17, 15) is 0 Å². The van der Waals surface area contributed by atoms with E-state index in [4.69, 9.17) is 11.6 Å². The molecule has 1 aromatic rings. The van der Waals surface area contributed by atoms with Gasteiger partial charge in [0, 0.05) is 6.20 Å². The Morgan fingerprint density at radius 3 is 2.47 bits per heavy atom. The van der Waals surface area contributed by atoms with E-state index >= 15 is 0 Å². The van der Waals surface area contributed by atoms with Crippen molar-refractivity contribution < 1.29 is 0 Å². The summed E-state index contributed by atoms with van der Waals surface area (Å²) in [6.07, 6.45) is 1.70. The molecule has 84 valence electrons. The zero-order chi connectivity index (χ0) is 11.5. The van der Waals surface area contributed by atoms with Crippen LogP contribution in [0.5, 0.6) is 0 Å². The molecule has 0 saturated carbocycles. The summed E-state index contributed by atoms with van der Waals surface area (Å²) in [6, 6.07) is 4.14. The van der Waals surface area contributed by atoms with E-state index in [2.05, 4.69) is 38.0 Å². The summed E-state index contributed by atoms with van der Waals surface area (Å²) in [6.45, 7) is 9.66. The summed E-state index contributed by atoms with van der Waals surface area (Å²) >= 11 is 5.82. The molecule has 0 radical (unpaired) electrons. The highest BCUT2D eigenvalue weighted by atomic mass is 35.5. The molecule has 1 N–H and O–H groups in total. The van der Waals surface area contributed by atoms with Gasteiger partial charge in [0.15, 0.2) is 0 Å². The fourth-order valence-electron chi connectivity index (χ4n) is 1.62. The number of hydrogen-bond donors (Lipinski definition) is 1. The van der Waals surface area contributed by atoms with Crippen molar-refractivity contribution in [2.75, 3.05) is 6.54 Å². The highest BCUT2D eigenvalue weighted by Crippen LogP contribution is 2.31. The Bertz CT molecular complexity index is 300. The highest BCUT2D eigenvalue weighted by molar-refractivity contribution is 6.30. The van der Waals surface area contributed by atoms with Crippen molar-refractivity contribution in [1.29, 1.82) is 0 Å². The minimum absolute atomic E-state index is 0.150. The van der Waals surface area contributed by atoms with Gasteiger partial charge in [-0.2, -0.15) is 0 Å². The molecular formula is C12H19ClN2. The van der Waals surface area contributed by atoms with Crippen LogP contribution in [0.2, 0.25) is 5.02 Å². The molecule has 1 rings (SSSR count). The van der Waals surface area contributed by atoms with Crippen LogP contribution < -0.4 is 5.32 Å². The minimum atomic E-state index is 0.150. The number of hydrogen-bond acceptors (Lipinski definition) is 2. The van der Waals surface area contributed by atoms with Crippen LogP contribution in [0.3, 0.4) is 0 Å². The fourth-order valence-corrected chi connectivity index (χ4v) is 1.73. The first-order valence-corrected chi connectivity index (χ1v) is 5.67. The third kappa shape index (κ3) is 3.47. The van der Waals surface area contributed by atoms with Crippen LogP contribution in [0.1, 0.15) is 39.4 Å². The van der Waals surface area contributed by atoms with Crippen molar-refractivity contribution in [3.05, 3.63) is 29.0 Å². The first kappa shape index (κ1) is 12.5. The summed E-state index contributed by atoms with van der Waals surface area (Å²) in [5.74, 6) is 0. The van der Waals surface area contributed by atoms with E-state index in [1.165, 1.54) is 0 Å². The van der Waals surface area contributed by atoms with Crippen LogP contribution in [-0.4, -0.2) is 11.5 Å². The second kappa shape index (κ2) is 4.95. The summed E-state index contributed by atoms with van der Waals surface area (Å²) in [5, 5.41) is 4.14. The standard InChI is InChI=1S/C12H19ClN2/c1-5-14-11(12(2,3)4)10-7-6-9(13)8-15-10/h6-8,11,14H,5H2,1-4H3. The molecule has 0 fully saturated rings. The molecule has 0 aromatic carbocycles. The Morgan fingerprint density at radius 2 is 2.07 bits per heavy atom. The summed E-state index contributed by atoms with van der Waals surface area (Å²) in [5.41, 5.74) is 1.20. The van der Waals surface area contributed by atoms with Crippen LogP contribution in [0.4, 0.5) is 0 Å². The van der Waals surface area contributed by atoms with Crippen LogP contribution in [0.25, 0.3) is 0 Å². The van der Waals surface area contributed by atoms with E-state index in [1.807, 2.05) is 12.1 Å². The van der Waals surface area contributed by atoms with Crippen LogP contribution in [0, 0.1) is 5.41 Å². The van der Waals surface area contributed by atoms with Crippen molar-refractivity contribution in [2.45, 2.75) is 33.7 Å². The molecule has 15 heavy (non-hydrogen) atoms. The van der Waals surface area contributed by atoms with E-state index in [-0.39, 0.29) is 11.5 Å². The van der Waals surface area contributed by atoms with E-state index < -0.39 is 0 Å². The lowest BCUT2D eigenvalue weighted by Crippen LogP contribution is -2.32. The highest BCUT2D eigenvalue weighted by Gasteiger charge is 2.26. The second-order valence-corrected chi connectivity index (χ2v) is 5.19. The first-order valence-electron chi connectivity index (χ1n) is 5.30. The van der Waals surface area contributed by atoms with Crippen molar-refractivity contribution in [3.8, 4) is 0 Å². The largest absolute Gasteiger partial charge is 0.308 e. The van der Waals surface area contributed by atoms with Crippen molar-refractivity contribution in [2.24, 2.45) is 5.41 Å². The van der Waals surface area contributed by atoms with Crippen molar-refractivity contribution in [1.82, 2.24) is 10.3 Å². The number of aromatic nitrogens is 1. The molecule has 0 bridgehead atoms. The van der Waals surface area contributed by atoms with Gasteiger partial charge in [0.05, 0.1) is 16.8 Å². The average molecular weight is 227 g/mol. The van der Waals surface area contributed by atoms with Gasteiger partial charge >= 0.3 is 0 Å². The smallest absolute Gasteiger partial charge is 0.0589 e. The van der Waals surface area contributed by atoms with Crippen molar-refractivity contribution in [3.63, 3.8) is 0 Å². The molecule has 1 atom stereocenters. The third-order valence-corrected chi connectivity index (χ3v) is 2.54. The molecule has 2 nitrogen and oxygen atoms in total. The zero-order valence-electron chi connectivity index (χ0n) is 9.84. The predicted octanol–water partition coefficient (Wildman–Crippen LogP) is 3.43. The molecule has 0 amide bonds. The quantitative estimate of drug-likeness (QED) is 0.854. The average Bonchev–Trinajstić information content (AvgIpc) is 2.14. The zero-order valence-corrected chi connectivity index (χ0v) is 10.6. The van der Waals surface area contributed by atoms with Gasteiger partial charge in [-0.15, -0.1) is 0 Å². The van der Waals surface area contributed by atoms with Gasteiger partial charge in [0.25, 0.3) is 0 Å². The molecule has 1 unspecified atom stereocenters. The Balaban J connectivity index is 2.94. The Morgan fingerprint density at radius 1 is 1.40 bits per heavy atom. The van der Waals surface area contributed by atoms with Gasteiger partial charge in [0.1, 0.15) is 0 Å². The van der Waals surface area contributed by atoms with Gasteiger partial charge in [-0.1, -0.05) is 39.3 Å². The maximum atomic E-state index is 5.82. The Hall–Kier alpha value is -0.600. The maximum absolute atomic E-state index is 5.82. The Labute approximate surface area is 97.1 Å². The summed E-state index contributed by atoms with van der Waals surface area (Å²) < 4.78 is 0. The molecular weight excluding hydrogens is 208 g/mol. The SMILES string of the molecule is CCNC(c1ccc(Cl)cn1)C(C)(C)C. The number of nitrogens with one attached hydrogen (secondary N) is 1.